The maximum Gasteiger partial charge on any atom is 0.153 e. The zero-order chi connectivity index (χ0) is 15.7. The van der Waals surface area contributed by atoms with Gasteiger partial charge in [0.05, 0.1) is 16.7 Å². The first-order valence-corrected chi connectivity index (χ1v) is 8.37. The zero-order valence-corrected chi connectivity index (χ0v) is 14.9. The van der Waals surface area contributed by atoms with Crippen LogP contribution in [-0.4, -0.2) is 14.6 Å². The average molecular weight is 428 g/mol. The molecule has 0 amide bonds. The molecule has 1 unspecified atom stereocenters. The van der Waals surface area contributed by atoms with Crippen LogP contribution in [-0.2, 0) is 0 Å². The van der Waals surface area contributed by atoms with Gasteiger partial charge < -0.3 is 5.32 Å². The van der Waals surface area contributed by atoms with Gasteiger partial charge in [-0.1, -0.05) is 22.9 Å². The third-order valence-electron chi connectivity index (χ3n) is 3.39. The summed E-state index contributed by atoms with van der Waals surface area (Å²) in [6, 6.07) is 4.85. The van der Waals surface area contributed by atoms with Crippen molar-refractivity contribution in [3.8, 4) is 0 Å². The maximum absolute atomic E-state index is 13.6. The second-order valence-electron chi connectivity index (χ2n) is 4.87. The first kappa shape index (κ1) is 15.4. The van der Waals surface area contributed by atoms with Crippen LogP contribution in [0.3, 0.4) is 0 Å². The van der Waals surface area contributed by atoms with E-state index in [4.69, 9.17) is 0 Å². The number of hydrogen-bond acceptors (Lipinski definition) is 3. The molecule has 0 radical (unpaired) electrons. The molecule has 0 spiro atoms. The van der Waals surface area contributed by atoms with Gasteiger partial charge in [-0.2, -0.15) is 5.10 Å². The minimum atomic E-state index is -0.263. The molecule has 2 aromatic heterocycles. The summed E-state index contributed by atoms with van der Waals surface area (Å²) in [4.78, 5) is 4.39. The van der Waals surface area contributed by atoms with Gasteiger partial charge in [0.25, 0.3) is 0 Å². The van der Waals surface area contributed by atoms with Crippen molar-refractivity contribution in [1.29, 1.82) is 0 Å². The molecule has 114 valence electrons. The molecule has 0 fully saturated rings. The van der Waals surface area contributed by atoms with E-state index in [9.17, 15) is 4.39 Å². The highest BCUT2D eigenvalue weighted by molar-refractivity contribution is 9.11. The van der Waals surface area contributed by atoms with Crippen molar-refractivity contribution in [3.05, 3.63) is 57.1 Å². The van der Waals surface area contributed by atoms with Gasteiger partial charge in [0.2, 0.25) is 0 Å². The van der Waals surface area contributed by atoms with Crippen molar-refractivity contribution in [1.82, 2.24) is 14.6 Å². The zero-order valence-electron chi connectivity index (χ0n) is 11.7. The number of aromatic nitrogens is 3. The summed E-state index contributed by atoms with van der Waals surface area (Å²) in [5, 5.41) is 7.62. The SMILES string of the molecule is CCC(Nc1nccn2ncc(Br)c12)c1cc(F)cc(Br)c1. The Bertz CT molecular complexity index is 798. The minimum absolute atomic E-state index is 0.0486. The van der Waals surface area contributed by atoms with E-state index >= 15 is 0 Å². The monoisotopic (exact) mass is 426 g/mol. The van der Waals surface area contributed by atoms with Crippen LogP contribution in [0, 0.1) is 5.82 Å². The molecule has 1 aromatic carbocycles. The predicted molar refractivity (Wildman–Crippen MR) is 91.4 cm³/mol. The molecule has 2 heterocycles. The van der Waals surface area contributed by atoms with E-state index < -0.39 is 0 Å². The Morgan fingerprint density at radius 3 is 2.86 bits per heavy atom. The summed E-state index contributed by atoms with van der Waals surface area (Å²) in [6.07, 6.45) is 5.99. The number of fused-ring (bicyclic) bond motifs is 1. The van der Waals surface area contributed by atoms with Gasteiger partial charge >= 0.3 is 0 Å². The van der Waals surface area contributed by atoms with Crippen LogP contribution in [0.1, 0.15) is 24.9 Å². The van der Waals surface area contributed by atoms with E-state index in [0.29, 0.717) is 5.82 Å². The fourth-order valence-electron chi connectivity index (χ4n) is 2.38. The Hall–Kier alpha value is -1.47. The van der Waals surface area contributed by atoms with Crippen molar-refractivity contribution >= 4 is 43.2 Å². The second kappa shape index (κ2) is 6.34. The van der Waals surface area contributed by atoms with Crippen LogP contribution in [0.5, 0.6) is 0 Å². The highest BCUT2D eigenvalue weighted by atomic mass is 79.9. The molecule has 3 aromatic rings. The van der Waals surface area contributed by atoms with Gasteiger partial charge in [-0.25, -0.2) is 13.9 Å². The number of rotatable bonds is 4. The lowest BCUT2D eigenvalue weighted by Crippen LogP contribution is -2.12. The highest BCUT2D eigenvalue weighted by Gasteiger charge is 2.15. The topological polar surface area (TPSA) is 42.2 Å². The molecule has 0 aliphatic carbocycles. The number of halogens is 3. The van der Waals surface area contributed by atoms with Crippen molar-refractivity contribution in [2.24, 2.45) is 0 Å². The molecule has 4 nitrogen and oxygen atoms in total. The first-order chi connectivity index (χ1) is 10.6. The molecule has 7 heteroatoms. The number of nitrogens with one attached hydrogen (secondary N) is 1. The third-order valence-corrected chi connectivity index (χ3v) is 4.43. The standard InChI is InChI=1S/C15H13Br2FN4/c1-2-13(9-5-10(16)7-11(18)6-9)21-15-14-12(17)8-20-22(14)4-3-19-15/h3-8,13H,2H2,1H3,(H,19,21). The Balaban J connectivity index is 1.99. The lowest BCUT2D eigenvalue weighted by atomic mass is 10.0. The molecule has 0 saturated carbocycles. The van der Waals surface area contributed by atoms with Crippen LogP contribution < -0.4 is 5.32 Å². The molecule has 1 N–H and O–H groups in total. The van der Waals surface area contributed by atoms with Crippen molar-refractivity contribution in [3.63, 3.8) is 0 Å². The molecule has 0 aliphatic heterocycles. The highest BCUT2D eigenvalue weighted by Crippen LogP contribution is 2.29. The summed E-state index contributed by atoms with van der Waals surface area (Å²) < 4.78 is 17.0. The van der Waals surface area contributed by atoms with Gasteiger partial charge in [0.1, 0.15) is 11.3 Å². The lowest BCUT2D eigenvalue weighted by Gasteiger charge is -2.19. The van der Waals surface area contributed by atoms with E-state index in [1.54, 1.807) is 23.1 Å². The molecule has 3 rings (SSSR count). The second-order valence-corrected chi connectivity index (χ2v) is 6.64. The van der Waals surface area contributed by atoms with Gasteiger partial charge in [-0.15, -0.1) is 0 Å². The Labute approximate surface area is 144 Å². The molecular formula is C15H13Br2FN4. The van der Waals surface area contributed by atoms with Crippen LogP contribution in [0.25, 0.3) is 5.52 Å². The first-order valence-electron chi connectivity index (χ1n) is 6.79. The summed E-state index contributed by atoms with van der Waals surface area (Å²) in [7, 11) is 0. The number of anilines is 1. The maximum atomic E-state index is 13.6. The molecular weight excluding hydrogens is 415 g/mol. The van der Waals surface area contributed by atoms with Crippen molar-refractivity contribution in [2.75, 3.05) is 5.32 Å². The summed E-state index contributed by atoms with van der Waals surface area (Å²) in [6.45, 7) is 2.04. The smallest absolute Gasteiger partial charge is 0.153 e. The fourth-order valence-corrected chi connectivity index (χ4v) is 3.32. The van der Waals surface area contributed by atoms with Crippen LogP contribution in [0.15, 0.2) is 45.7 Å². The number of hydrogen-bond donors (Lipinski definition) is 1. The molecule has 0 saturated heterocycles. The summed E-state index contributed by atoms with van der Waals surface area (Å²) in [5.74, 6) is 0.445. The quantitative estimate of drug-likeness (QED) is 0.639. The van der Waals surface area contributed by atoms with Gasteiger partial charge in [-0.05, 0) is 46.1 Å². The Kier molecular flexibility index (Phi) is 4.44. The van der Waals surface area contributed by atoms with E-state index in [0.717, 1.165) is 26.4 Å². The minimum Gasteiger partial charge on any atom is -0.361 e. The summed E-state index contributed by atoms with van der Waals surface area (Å²) in [5.41, 5.74) is 1.73. The Morgan fingerprint density at radius 2 is 2.14 bits per heavy atom. The number of nitrogens with zero attached hydrogens (tertiary/aromatic N) is 3. The summed E-state index contributed by atoms with van der Waals surface area (Å²) >= 11 is 6.81. The molecule has 22 heavy (non-hydrogen) atoms. The van der Waals surface area contributed by atoms with Gasteiger partial charge in [0.15, 0.2) is 5.82 Å². The molecule has 0 bridgehead atoms. The van der Waals surface area contributed by atoms with Gasteiger partial charge in [0, 0.05) is 16.9 Å². The van der Waals surface area contributed by atoms with E-state index in [1.807, 2.05) is 13.0 Å². The fraction of sp³-hybridized carbons (Fsp3) is 0.200. The van der Waals surface area contributed by atoms with Crippen LogP contribution >= 0.6 is 31.9 Å². The predicted octanol–water partition coefficient (Wildman–Crippen LogP) is 4.96. The Morgan fingerprint density at radius 1 is 1.32 bits per heavy atom. The van der Waals surface area contributed by atoms with Crippen molar-refractivity contribution < 1.29 is 4.39 Å². The van der Waals surface area contributed by atoms with Gasteiger partial charge in [-0.3, -0.25) is 0 Å². The number of benzene rings is 1. The normalized spacial score (nSPS) is 12.5. The average Bonchev–Trinajstić information content (AvgIpc) is 2.86. The largest absolute Gasteiger partial charge is 0.361 e. The third kappa shape index (κ3) is 3.01. The van der Waals surface area contributed by atoms with Crippen LogP contribution in [0.4, 0.5) is 10.2 Å². The lowest BCUT2D eigenvalue weighted by molar-refractivity contribution is 0.619. The molecule has 0 aliphatic rings. The van der Waals surface area contributed by atoms with E-state index in [2.05, 4.69) is 47.3 Å². The van der Waals surface area contributed by atoms with Crippen molar-refractivity contribution in [2.45, 2.75) is 19.4 Å². The van der Waals surface area contributed by atoms with Crippen LogP contribution in [0.2, 0.25) is 0 Å². The van der Waals surface area contributed by atoms with E-state index in [1.165, 1.54) is 12.1 Å². The molecule has 1 atom stereocenters. The van der Waals surface area contributed by atoms with E-state index in [-0.39, 0.29) is 11.9 Å².